The molecule has 0 saturated heterocycles. The van der Waals surface area contributed by atoms with E-state index < -0.39 is 40.4 Å². The number of carbonyl (C=O) groups is 3. The van der Waals surface area contributed by atoms with Gasteiger partial charge in [0.1, 0.15) is 5.75 Å². The van der Waals surface area contributed by atoms with Crippen molar-refractivity contribution >= 4 is 17.7 Å². The quantitative estimate of drug-likeness (QED) is 0.303. The maximum absolute atomic E-state index is 13.4. The van der Waals surface area contributed by atoms with E-state index in [2.05, 4.69) is 10.6 Å². The van der Waals surface area contributed by atoms with Gasteiger partial charge in [-0.25, -0.2) is 0 Å². The highest BCUT2D eigenvalue weighted by Crippen LogP contribution is 2.21. The Labute approximate surface area is 240 Å². The van der Waals surface area contributed by atoms with E-state index in [1.807, 2.05) is 0 Å². The van der Waals surface area contributed by atoms with E-state index in [9.17, 15) is 29.1 Å². The number of ether oxygens (including phenoxy) is 2. The van der Waals surface area contributed by atoms with Gasteiger partial charge in [-0.3, -0.25) is 24.0 Å². The molecule has 3 aromatic rings. The van der Waals surface area contributed by atoms with E-state index in [1.165, 1.54) is 39.5 Å². The van der Waals surface area contributed by atoms with Crippen molar-refractivity contribution in [2.45, 2.75) is 12.5 Å². The smallest absolute Gasteiger partial charge is 0.271 e. The Balaban J connectivity index is 1.57. The summed E-state index contributed by atoms with van der Waals surface area (Å²) in [5.41, 5.74) is 5.49. The third kappa shape index (κ3) is 6.61. The second-order valence-electron chi connectivity index (χ2n) is 9.62. The number of rotatable bonds is 4. The Morgan fingerprint density at radius 3 is 2.55 bits per heavy atom. The maximum atomic E-state index is 13.4. The van der Waals surface area contributed by atoms with Crippen LogP contribution in [-0.2, 0) is 25.3 Å². The molecule has 14 nitrogen and oxygen atoms in total. The van der Waals surface area contributed by atoms with Crippen molar-refractivity contribution in [3.8, 4) is 17.2 Å². The molecule has 3 amide bonds. The van der Waals surface area contributed by atoms with Crippen LogP contribution in [0.3, 0.4) is 0 Å². The van der Waals surface area contributed by atoms with Crippen LogP contribution in [0.1, 0.15) is 26.5 Å². The number of aryl methyl sites for hydroxylation is 2. The van der Waals surface area contributed by atoms with Gasteiger partial charge in [-0.15, -0.1) is 0 Å². The van der Waals surface area contributed by atoms with Crippen LogP contribution in [0.2, 0.25) is 0 Å². The number of benzene rings is 1. The monoisotopic (exact) mass is 580 g/mol. The summed E-state index contributed by atoms with van der Waals surface area (Å²) >= 11 is 0. The third-order valence-electron chi connectivity index (χ3n) is 6.72. The molecular formula is C28H32N6O8. The van der Waals surface area contributed by atoms with Gasteiger partial charge in [0.2, 0.25) is 23.6 Å². The fourth-order valence-electron chi connectivity index (χ4n) is 4.53. The highest BCUT2D eigenvalue weighted by Gasteiger charge is 2.25. The molecule has 2 aromatic heterocycles. The number of amides is 3. The number of carbonyl (C=O) groups excluding carboxylic acids is 3. The van der Waals surface area contributed by atoms with E-state index >= 15 is 0 Å². The van der Waals surface area contributed by atoms with E-state index in [1.54, 1.807) is 31.3 Å². The van der Waals surface area contributed by atoms with Gasteiger partial charge < -0.3 is 45.0 Å². The van der Waals surface area contributed by atoms with Gasteiger partial charge in [-0.1, -0.05) is 18.2 Å². The molecule has 0 bridgehead atoms. The standard InChI is InChI=1S/C28H32N6O8/c1-32-11-7-19(35)24(37)22(32)26(38)30-9-13-34-14-10-31-27(39)23-25(20(36)8-12-33(23)2)42-16-41-21-6-4-3-5-17(21)15-18(29)28(34)40/h3-8,11-12,18,37H,9-10,13-16,29H2,1-2H3,(H,30,38)(H,31,39). The van der Waals surface area contributed by atoms with E-state index in [4.69, 9.17) is 15.2 Å². The Bertz CT molecular complexity index is 1610. The number of fused-ring (bicyclic) bond motifs is 2. The Kier molecular flexibility index (Phi) is 9.27. The summed E-state index contributed by atoms with van der Waals surface area (Å²) in [7, 11) is 3.09. The van der Waals surface area contributed by atoms with Crippen molar-refractivity contribution < 1.29 is 29.0 Å². The van der Waals surface area contributed by atoms with Crippen molar-refractivity contribution in [3.05, 3.63) is 86.2 Å². The molecule has 1 aliphatic rings. The van der Waals surface area contributed by atoms with Gasteiger partial charge in [-0.05, 0) is 11.6 Å². The Morgan fingerprint density at radius 1 is 1.05 bits per heavy atom. The lowest BCUT2D eigenvalue weighted by molar-refractivity contribution is -0.132. The van der Waals surface area contributed by atoms with Gasteiger partial charge in [0.25, 0.3) is 11.8 Å². The minimum Gasteiger partial charge on any atom is -0.503 e. The lowest BCUT2D eigenvalue weighted by Crippen LogP contribution is -2.50. The summed E-state index contributed by atoms with van der Waals surface area (Å²) in [5, 5.41) is 15.4. The molecule has 222 valence electrons. The number of para-hydroxylation sites is 1. The summed E-state index contributed by atoms with van der Waals surface area (Å²) in [6, 6.07) is 8.33. The molecule has 0 radical (unpaired) electrons. The fraction of sp³-hybridized carbons (Fsp3) is 0.321. The highest BCUT2D eigenvalue weighted by molar-refractivity contribution is 5.95. The van der Waals surface area contributed by atoms with Crippen molar-refractivity contribution in [2.75, 3.05) is 33.0 Å². The fourth-order valence-corrected chi connectivity index (χ4v) is 4.53. The lowest BCUT2D eigenvalue weighted by atomic mass is 10.0. The second kappa shape index (κ2) is 13.0. The largest absolute Gasteiger partial charge is 0.503 e. The molecule has 0 aliphatic carbocycles. The summed E-state index contributed by atoms with van der Waals surface area (Å²) in [5.74, 6) is -2.24. The van der Waals surface area contributed by atoms with Crippen LogP contribution in [0.25, 0.3) is 0 Å². The lowest BCUT2D eigenvalue weighted by Gasteiger charge is -2.26. The number of hydrogen-bond acceptors (Lipinski definition) is 9. The minimum atomic E-state index is -0.991. The predicted octanol–water partition coefficient (Wildman–Crippen LogP) is -0.923. The van der Waals surface area contributed by atoms with E-state index in [0.29, 0.717) is 11.3 Å². The summed E-state index contributed by atoms with van der Waals surface area (Å²) in [6.07, 6.45) is 2.90. The van der Waals surface area contributed by atoms with Crippen LogP contribution < -0.4 is 36.7 Å². The predicted molar refractivity (Wildman–Crippen MR) is 151 cm³/mol. The van der Waals surface area contributed by atoms with Crippen LogP contribution in [-0.4, -0.2) is 75.9 Å². The number of hydrogen-bond donors (Lipinski definition) is 4. The molecule has 0 spiro atoms. The van der Waals surface area contributed by atoms with Crippen molar-refractivity contribution in [3.63, 3.8) is 0 Å². The first-order valence-corrected chi connectivity index (χ1v) is 13.1. The minimum absolute atomic E-state index is 0.00513. The molecule has 14 heteroatoms. The summed E-state index contributed by atoms with van der Waals surface area (Å²) in [4.78, 5) is 65.0. The molecule has 1 unspecified atom stereocenters. The average molecular weight is 581 g/mol. The number of pyridine rings is 2. The summed E-state index contributed by atoms with van der Waals surface area (Å²) in [6.45, 7) is -0.383. The van der Waals surface area contributed by atoms with Crippen LogP contribution in [0, 0.1) is 0 Å². The van der Waals surface area contributed by atoms with Gasteiger partial charge in [0.15, 0.2) is 22.9 Å². The molecule has 4 rings (SSSR count). The van der Waals surface area contributed by atoms with Crippen molar-refractivity contribution in [2.24, 2.45) is 19.8 Å². The van der Waals surface area contributed by atoms with Gasteiger partial charge >= 0.3 is 0 Å². The summed E-state index contributed by atoms with van der Waals surface area (Å²) < 4.78 is 14.1. The van der Waals surface area contributed by atoms with Gasteiger partial charge in [0.05, 0.1) is 6.04 Å². The van der Waals surface area contributed by atoms with Crippen LogP contribution >= 0.6 is 0 Å². The maximum Gasteiger partial charge on any atom is 0.271 e. The molecule has 0 fully saturated rings. The van der Waals surface area contributed by atoms with Crippen molar-refractivity contribution in [1.29, 1.82) is 0 Å². The molecule has 5 N–H and O–H groups in total. The zero-order chi connectivity index (χ0) is 30.4. The molecule has 42 heavy (non-hydrogen) atoms. The number of nitrogens with one attached hydrogen (secondary N) is 2. The Hall–Kier alpha value is -5.11. The van der Waals surface area contributed by atoms with Crippen LogP contribution in [0.15, 0.2) is 58.4 Å². The SMILES string of the molecule is Cn1ccc(=O)c(O)c1C(=O)NCCN1CCNC(=O)c2c(c(=O)ccn2C)OCOc2ccccc2CC(N)C1=O. The molecule has 1 aliphatic heterocycles. The number of nitrogens with two attached hydrogens (primary N) is 1. The van der Waals surface area contributed by atoms with E-state index in [-0.39, 0.29) is 56.5 Å². The van der Waals surface area contributed by atoms with Crippen LogP contribution in [0.4, 0.5) is 0 Å². The molecular weight excluding hydrogens is 548 g/mol. The molecule has 3 heterocycles. The number of aromatic hydroxyl groups is 1. The molecule has 0 saturated carbocycles. The first-order valence-electron chi connectivity index (χ1n) is 13.1. The first-order chi connectivity index (χ1) is 20.1. The molecule has 1 atom stereocenters. The third-order valence-corrected chi connectivity index (χ3v) is 6.72. The van der Waals surface area contributed by atoms with Crippen LogP contribution in [0.5, 0.6) is 17.2 Å². The topological polar surface area (TPSA) is 187 Å². The average Bonchev–Trinajstić information content (AvgIpc) is 2.96. The van der Waals surface area contributed by atoms with E-state index in [0.717, 1.165) is 6.07 Å². The van der Waals surface area contributed by atoms with Gasteiger partial charge in [0, 0.05) is 71.2 Å². The highest BCUT2D eigenvalue weighted by atomic mass is 16.7. The molecule has 1 aromatic carbocycles. The Morgan fingerprint density at radius 2 is 1.76 bits per heavy atom. The second-order valence-corrected chi connectivity index (χ2v) is 9.62. The zero-order valence-corrected chi connectivity index (χ0v) is 23.2. The van der Waals surface area contributed by atoms with Crippen molar-refractivity contribution in [1.82, 2.24) is 24.7 Å². The number of aromatic nitrogens is 2. The zero-order valence-electron chi connectivity index (χ0n) is 23.2. The normalized spacial score (nSPS) is 16.1. The number of nitrogens with zero attached hydrogens (tertiary/aromatic N) is 3. The van der Waals surface area contributed by atoms with Gasteiger partial charge in [-0.2, -0.15) is 0 Å². The first kappa shape index (κ1) is 29.9.